The van der Waals surface area contributed by atoms with E-state index in [-0.39, 0.29) is 29.1 Å². The zero-order valence-corrected chi connectivity index (χ0v) is 28.8. The van der Waals surface area contributed by atoms with Crippen LogP contribution in [0.5, 0.6) is 0 Å². The van der Waals surface area contributed by atoms with Gasteiger partial charge in [-0.05, 0) is 54.3 Å². The van der Waals surface area contributed by atoms with Crippen molar-refractivity contribution < 1.29 is 24.0 Å². The Morgan fingerprint density at radius 1 is 1.07 bits per heavy atom. The Labute approximate surface area is 276 Å². The number of nitrogens with one attached hydrogen (secondary N) is 3. The van der Waals surface area contributed by atoms with Crippen LogP contribution in [0.4, 0.5) is 4.79 Å². The summed E-state index contributed by atoms with van der Waals surface area (Å²) in [5, 5.41) is 12.0. The van der Waals surface area contributed by atoms with Crippen LogP contribution in [0.2, 0.25) is 0 Å². The fourth-order valence-corrected chi connectivity index (χ4v) is 9.06. The molecule has 12 heteroatoms. The fraction of sp³-hybridized carbons (Fsp3) is 0.765. The van der Waals surface area contributed by atoms with Crippen LogP contribution in [0.1, 0.15) is 104 Å². The number of amides is 5. The van der Waals surface area contributed by atoms with E-state index in [1.807, 2.05) is 26.2 Å². The first-order valence-electron chi connectivity index (χ1n) is 17.0. The molecule has 0 bridgehead atoms. The molecule has 1 saturated heterocycles. The van der Waals surface area contributed by atoms with E-state index in [1.165, 1.54) is 0 Å². The minimum absolute atomic E-state index is 0.0577. The number of ketones is 1. The van der Waals surface area contributed by atoms with Gasteiger partial charge in [0.2, 0.25) is 17.6 Å². The summed E-state index contributed by atoms with van der Waals surface area (Å²) in [5.74, 6) is -2.35. The molecule has 1 unspecified atom stereocenters. The summed E-state index contributed by atoms with van der Waals surface area (Å²) in [6.07, 6.45) is 11.3. The van der Waals surface area contributed by atoms with Crippen LogP contribution in [-0.2, 0) is 25.6 Å². The molecule has 1 aromatic rings. The van der Waals surface area contributed by atoms with E-state index in [4.69, 9.17) is 5.73 Å². The fourth-order valence-electron chi connectivity index (χ4n) is 8.30. The molecule has 5 atom stereocenters. The molecule has 3 aliphatic carbocycles. The number of Topliss-reactive ketones (excluding diaryl/α,β-unsaturated/α-hetero) is 1. The summed E-state index contributed by atoms with van der Waals surface area (Å²) in [6.45, 7) is 10.4. The Morgan fingerprint density at radius 2 is 1.76 bits per heavy atom. The van der Waals surface area contributed by atoms with Crippen LogP contribution in [0.3, 0.4) is 0 Å². The maximum atomic E-state index is 14.5. The van der Waals surface area contributed by atoms with Crippen molar-refractivity contribution in [1.29, 1.82) is 0 Å². The molecule has 5 rings (SSSR count). The van der Waals surface area contributed by atoms with Gasteiger partial charge in [-0.15, -0.1) is 11.3 Å². The predicted octanol–water partition coefficient (Wildman–Crippen LogP) is 3.70. The zero-order valence-electron chi connectivity index (χ0n) is 28.0. The van der Waals surface area contributed by atoms with Crippen molar-refractivity contribution in [3.63, 3.8) is 0 Å². The van der Waals surface area contributed by atoms with Gasteiger partial charge in [0.1, 0.15) is 12.1 Å². The van der Waals surface area contributed by atoms with Crippen molar-refractivity contribution in [2.45, 2.75) is 129 Å². The third-order valence-corrected chi connectivity index (χ3v) is 12.0. The highest BCUT2D eigenvalue weighted by molar-refractivity contribution is 7.09. The molecular formula is C34H52N6O5S. The van der Waals surface area contributed by atoms with E-state index in [1.54, 1.807) is 22.4 Å². The van der Waals surface area contributed by atoms with Crippen LogP contribution in [0, 0.1) is 28.6 Å². The lowest BCUT2D eigenvalue weighted by Gasteiger charge is -2.48. The average Bonchev–Trinajstić information content (AvgIpc) is 3.57. The van der Waals surface area contributed by atoms with Crippen LogP contribution in [-0.4, -0.2) is 69.6 Å². The van der Waals surface area contributed by atoms with Gasteiger partial charge >= 0.3 is 6.03 Å². The molecule has 11 nitrogen and oxygen atoms in total. The molecule has 5 N–H and O–H groups in total. The maximum Gasteiger partial charge on any atom is 0.315 e. The number of hydrogen-bond acceptors (Lipinski definition) is 7. The largest absolute Gasteiger partial charge is 0.363 e. The van der Waals surface area contributed by atoms with Crippen molar-refractivity contribution in [1.82, 2.24) is 25.8 Å². The second-order valence-corrected chi connectivity index (χ2v) is 17.0. The smallest absolute Gasteiger partial charge is 0.315 e. The first-order chi connectivity index (χ1) is 21.6. The minimum atomic E-state index is -1.07. The molecule has 46 heavy (non-hydrogen) atoms. The number of thiazole rings is 1. The number of aromatic nitrogens is 1. The highest BCUT2D eigenvalue weighted by atomic mass is 32.1. The van der Waals surface area contributed by atoms with Crippen molar-refractivity contribution in [2.75, 3.05) is 6.54 Å². The van der Waals surface area contributed by atoms with E-state index >= 15 is 0 Å². The lowest BCUT2D eigenvalue weighted by Crippen LogP contribution is -2.63. The average molecular weight is 657 g/mol. The van der Waals surface area contributed by atoms with E-state index in [0.717, 1.165) is 62.8 Å². The molecule has 0 aromatic carbocycles. The first kappa shape index (κ1) is 34.3. The van der Waals surface area contributed by atoms with Gasteiger partial charge in [0.25, 0.3) is 5.91 Å². The van der Waals surface area contributed by atoms with E-state index in [9.17, 15) is 24.0 Å². The molecule has 1 aliphatic heterocycles. The summed E-state index contributed by atoms with van der Waals surface area (Å²) in [5.41, 5.74) is 4.22. The van der Waals surface area contributed by atoms with Gasteiger partial charge in [-0.3, -0.25) is 19.2 Å². The molecule has 3 saturated carbocycles. The lowest BCUT2D eigenvalue weighted by molar-refractivity contribution is -0.144. The minimum Gasteiger partial charge on any atom is -0.363 e. The second-order valence-electron chi connectivity index (χ2n) is 16.1. The molecular weight excluding hydrogens is 604 g/mol. The van der Waals surface area contributed by atoms with Crippen molar-refractivity contribution in [2.24, 2.45) is 34.3 Å². The first-order valence-corrected chi connectivity index (χ1v) is 17.9. The summed E-state index contributed by atoms with van der Waals surface area (Å²) < 4.78 is 0. The summed E-state index contributed by atoms with van der Waals surface area (Å²) in [4.78, 5) is 73.0. The maximum absolute atomic E-state index is 14.5. The number of nitrogens with two attached hydrogens (primary N) is 1. The van der Waals surface area contributed by atoms with Crippen LogP contribution < -0.4 is 21.7 Å². The number of carbonyl (C=O) groups excluding carboxylic acids is 5. The van der Waals surface area contributed by atoms with Gasteiger partial charge in [-0.2, -0.15) is 0 Å². The number of likely N-dealkylation sites (tertiary alicyclic amines) is 1. The van der Waals surface area contributed by atoms with Gasteiger partial charge in [-0.1, -0.05) is 73.1 Å². The Balaban J connectivity index is 1.35. The van der Waals surface area contributed by atoms with E-state index in [2.05, 4.69) is 34.8 Å². The Kier molecular flexibility index (Phi) is 9.88. The van der Waals surface area contributed by atoms with Crippen LogP contribution >= 0.6 is 11.3 Å². The zero-order chi connectivity index (χ0) is 33.4. The summed E-state index contributed by atoms with van der Waals surface area (Å²) in [6, 6.07) is -3.12. The molecule has 4 fully saturated rings. The highest BCUT2D eigenvalue weighted by Crippen LogP contribution is 2.57. The Hall–Kier alpha value is -3.02. The Bertz CT molecular complexity index is 1310. The molecule has 254 valence electrons. The molecule has 5 amide bonds. The molecule has 0 spiro atoms. The molecule has 0 radical (unpaired) electrons. The molecule has 4 aliphatic rings. The standard InChI is InChI=1S/C34H52N6O5S/c1-32(2,3)27(38-31(45)39-34(12-7-6-8-13-34)18-24-36-14-15-46-24)30(44)40-19-22-21(17-33(22,4)5)25(40)29(43)37-23(26(41)28(35)42)16-20-10-9-11-20/h14-15,20-23,25,27H,6-13,16-19H2,1-5H3,(H2,35,42)(H,37,43)(H2,38,39,45)/t21-,22-,23?,25-,27+/m0/s1. The summed E-state index contributed by atoms with van der Waals surface area (Å²) in [7, 11) is 0. The number of fused-ring (bicyclic) bond motifs is 1. The molecule has 2 heterocycles. The van der Waals surface area contributed by atoms with Gasteiger partial charge in [0.05, 0.1) is 11.0 Å². The van der Waals surface area contributed by atoms with Crippen molar-refractivity contribution in [3.05, 3.63) is 16.6 Å². The quantitative estimate of drug-likeness (QED) is 0.265. The van der Waals surface area contributed by atoms with Crippen LogP contribution in [0.15, 0.2) is 11.6 Å². The monoisotopic (exact) mass is 656 g/mol. The number of carbonyl (C=O) groups is 5. The van der Waals surface area contributed by atoms with Gasteiger partial charge < -0.3 is 26.6 Å². The number of urea groups is 1. The number of nitrogens with zero attached hydrogens (tertiary/aromatic N) is 2. The van der Waals surface area contributed by atoms with E-state index < -0.39 is 52.7 Å². The second kappa shape index (κ2) is 13.2. The van der Waals surface area contributed by atoms with Crippen molar-refractivity contribution >= 4 is 40.9 Å². The van der Waals surface area contributed by atoms with Crippen LogP contribution in [0.25, 0.3) is 0 Å². The van der Waals surface area contributed by atoms with E-state index in [0.29, 0.717) is 19.4 Å². The van der Waals surface area contributed by atoms with Crippen molar-refractivity contribution in [3.8, 4) is 0 Å². The number of hydrogen-bond donors (Lipinski definition) is 4. The SMILES string of the molecule is CC(C)(C)[C@H](NC(=O)NC1(Cc2nccs2)CCCCC1)C(=O)N1C[C@H]2[C@H](CC2(C)C)[C@H]1C(=O)NC(CC1CCC1)C(=O)C(N)=O. The predicted molar refractivity (Wildman–Crippen MR) is 176 cm³/mol. The van der Waals surface area contributed by atoms with Gasteiger partial charge in [0.15, 0.2) is 0 Å². The summed E-state index contributed by atoms with van der Waals surface area (Å²) >= 11 is 1.58. The van der Waals surface area contributed by atoms with Gasteiger partial charge in [0, 0.05) is 30.1 Å². The highest BCUT2D eigenvalue weighted by Gasteiger charge is 2.61. The third-order valence-electron chi connectivity index (χ3n) is 11.2. The van der Waals surface area contributed by atoms with Gasteiger partial charge in [-0.25, -0.2) is 9.78 Å². The number of primary amides is 1. The topological polar surface area (TPSA) is 164 Å². The molecule has 1 aromatic heterocycles. The normalized spacial score (nSPS) is 26.5. The number of rotatable bonds is 11. The Morgan fingerprint density at radius 3 is 2.30 bits per heavy atom. The third kappa shape index (κ3) is 7.26. The lowest BCUT2D eigenvalue weighted by atomic mass is 9.55.